The molecule has 1 aliphatic rings. The van der Waals surface area contributed by atoms with E-state index in [2.05, 4.69) is 30.3 Å². The molecule has 1 fully saturated rings. The van der Waals surface area contributed by atoms with Crippen LogP contribution in [-0.4, -0.2) is 50.0 Å². The van der Waals surface area contributed by atoms with E-state index in [9.17, 15) is 4.79 Å². The van der Waals surface area contributed by atoms with Crippen molar-refractivity contribution in [3.05, 3.63) is 49.3 Å². The number of amides is 1. The Morgan fingerprint density at radius 3 is 2.54 bits per heavy atom. The number of nitrogens with zero attached hydrogens (tertiary/aromatic N) is 6. The summed E-state index contributed by atoms with van der Waals surface area (Å²) in [4.78, 5) is 28.5. The summed E-state index contributed by atoms with van der Waals surface area (Å²) < 4.78 is 1.60. The normalized spacial score (nSPS) is 14.8. The smallest absolute Gasteiger partial charge is 0.227 e. The molecular weight excluding hydrogens is 374 g/mol. The molecule has 1 aliphatic heterocycles. The number of aromatic nitrogens is 5. The van der Waals surface area contributed by atoms with Crippen LogP contribution in [0.15, 0.2) is 54.2 Å². The monoisotopic (exact) mass is 395 g/mol. The summed E-state index contributed by atoms with van der Waals surface area (Å²) in [5, 5.41) is 7.14. The van der Waals surface area contributed by atoms with Gasteiger partial charge in [-0.15, -0.1) is 11.8 Å². The summed E-state index contributed by atoms with van der Waals surface area (Å²) in [5.74, 6) is 1.61. The SMILES string of the molecule is CSc1ccc(NC(=O)C2CCN(c3cc(-n4cncn4)ncn3)CC2)cc1. The lowest BCUT2D eigenvalue weighted by Crippen LogP contribution is -2.38. The Morgan fingerprint density at radius 2 is 1.86 bits per heavy atom. The third-order valence-electron chi connectivity index (χ3n) is 4.84. The van der Waals surface area contributed by atoms with Gasteiger partial charge in [-0.25, -0.2) is 19.6 Å². The van der Waals surface area contributed by atoms with Crippen LogP contribution in [0.4, 0.5) is 11.5 Å². The fourth-order valence-corrected chi connectivity index (χ4v) is 3.66. The Bertz CT molecular complexity index is 922. The van der Waals surface area contributed by atoms with E-state index in [4.69, 9.17) is 0 Å². The Hall–Kier alpha value is -2.94. The molecule has 3 aromatic rings. The molecule has 9 heteroatoms. The zero-order valence-corrected chi connectivity index (χ0v) is 16.3. The maximum atomic E-state index is 12.6. The van der Waals surface area contributed by atoms with Crippen LogP contribution in [0.2, 0.25) is 0 Å². The zero-order chi connectivity index (χ0) is 19.3. The molecule has 0 aliphatic carbocycles. The van der Waals surface area contributed by atoms with E-state index < -0.39 is 0 Å². The Kier molecular flexibility index (Phi) is 5.52. The van der Waals surface area contributed by atoms with Crippen molar-refractivity contribution < 1.29 is 4.79 Å². The number of hydrogen-bond acceptors (Lipinski definition) is 7. The number of thioether (sulfide) groups is 1. The van der Waals surface area contributed by atoms with Gasteiger partial charge in [0, 0.05) is 35.7 Å². The molecule has 1 N–H and O–H groups in total. The molecule has 0 radical (unpaired) electrons. The zero-order valence-electron chi connectivity index (χ0n) is 15.5. The van der Waals surface area contributed by atoms with Crippen molar-refractivity contribution in [1.29, 1.82) is 0 Å². The minimum atomic E-state index is 0.00750. The molecule has 4 rings (SSSR count). The predicted octanol–water partition coefficient (Wildman–Crippen LogP) is 2.63. The average molecular weight is 395 g/mol. The van der Waals surface area contributed by atoms with Crippen molar-refractivity contribution in [1.82, 2.24) is 24.7 Å². The lowest BCUT2D eigenvalue weighted by atomic mass is 9.96. The summed E-state index contributed by atoms with van der Waals surface area (Å²) in [6, 6.07) is 9.83. The van der Waals surface area contributed by atoms with Crippen LogP contribution in [-0.2, 0) is 4.79 Å². The highest BCUT2D eigenvalue weighted by Crippen LogP contribution is 2.24. The van der Waals surface area contributed by atoms with Crippen LogP contribution in [0.5, 0.6) is 0 Å². The Morgan fingerprint density at radius 1 is 1.11 bits per heavy atom. The van der Waals surface area contributed by atoms with Crippen molar-refractivity contribution in [2.75, 3.05) is 29.6 Å². The number of hydrogen-bond donors (Lipinski definition) is 1. The standard InChI is InChI=1S/C19H21N7OS/c1-28-16-4-2-15(3-5-16)24-19(27)14-6-8-25(9-7-14)17-10-18(22-12-21-17)26-13-20-11-23-26/h2-5,10-14H,6-9H2,1H3,(H,24,27). The van der Waals surface area contributed by atoms with Gasteiger partial charge < -0.3 is 10.2 Å². The summed E-state index contributed by atoms with van der Waals surface area (Å²) >= 11 is 1.69. The van der Waals surface area contributed by atoms with Gasteiger partial charge in [0.15, 0.2) is 5.82 Å². The number of rotatable bonds is 5. The van der Waals surface area contributed by atoms with E-state index in [-0.39, 0.29) is 11.8 Å². The van der Waals surface area contributed by atoms with Gasteiger partial charge in [-0.1, -0.05) is 0 Å². The van der Waals surface area contributed by atoms with Crippen molar-refractivity contribution in [2.45, 2.75) is 17.7 Å². The number of carbonyl (C=O) groups is 1. The second kappa shape index (κ2) is 8.39. The van der Waals surface area contributed by atoms with E-state index in [0.29, 0.717) is 5.82 Å². The van der Waals surface area contributed by atoms with Crippen molar-refractivity contribution in [2.24, 2.45) is 5.92 Å². The van der Waals surface area contributed by atoms with Gasteiger partial charge in [-0.2, -0.15) is 5.10 Å². The molecule has 0 saturated carbocycles. The quantitative estimate of drug-likeness (QED) is 0.664. The third kappa shape index (κ3) is 4.14. The van der Waals surface area contributed by atoms with Crippen LogP contribution < -0.4 is 10.2 Å². The highest BCUT2D eigenvalue weighted by molar-refractivity contribution is 7.98. The molecule has 0 bridgehead atoms. The molecule has 0 atom stereocenters. The molecule has 0 spiro atoms. The van der Waals surface area contributed by atoms with E-state index in [1.165, 1.54) is 17.6 Å². The van der Waals surface area contributed by atoms with Gasteiger partial charge >= 0.3 is 0 Å². The predicted molar refractivity (Wildman–Crippen MR) is 109 cm³/mol. The summed E-state index contributed by atoms with van der Waals surface area (Å²) in [7, 11) is 0. The van der Waals surface area contributed by atoms with Gasteiger partial charge in [0.05, 0.1) is 0 Å². The van der Waals surface area contributed by atoms with Crippen LogP contribution in [0.1, 0.15) is 12.8 Å². The highest BCUT2D eigenvalue weighted by atomic mass is 32.2. The van der Waals surface area contributed by atoms with Gasteiger partial charge in [-0.3, -0.25) is 4.79 Å². The van der Waals surface area contributed by atoms with Gasteiger partial charge in [0.1, 0.15) is 24.8 Å². The second-order valence-corrected chi connectivity index (χ2v) is 7.43. The molecule has 1 aromatic carbocycles. The van der Waals surface area contributed by atoms with Gasteiger partial charge in [0.2, 0.25) is 5.91 Å². The van der Waals surface area contributed by atoms with Crippen molar-refractivity contribution >= 4 is 29.2 Å². The minimum Gasteiger partial charge on any atom is -0.356 e. The molecule has 8 nitrogen and oxygen atoms in total. The van der Waals surface area contributed by atoms with Crippen LogP contribution in [0.3, 0.4) is 0 Å². The molecule has 2 aromatic heterocycles. The molecular formula is C19H21N7OS. The number of benzene rings is 1. The lowest BCUT2D eigenvalue weighted by molar-refractivity contribution is -0.120. The summed E-state index contributed by atoms with van der Waals surface area (Å²) in [6.45, 7) is 1.55. The first-order chi connectivity index (χ1) is 13.7. The van der Waals surface area contributed by atoms with Crippen LogP contribution in [0.25, 0.3) is 5.82 Å². The number of anilines is 2. The lowest BCUT2D eigenvalue weighted by Gasteiger charge is -2.32. The number of piperidine rings is 1. The fourth-order valence-electron chi connectivity index (χ4n) is 3.25. The number of carbonyl (C=O) groups excluding carboxylic acids is 1. The molecule has 1 amide bonds. The Balaban J connectivity index is 1.35. The maximum Gasteiger partial charge on any atom is 0.227 e. The average Bonchev–Trinajstić information content (AvgIpc) is 3.29. The van der Waals surface area contributed by atoms with Crippen LogP contribution >= 0.6 is 11.8 Å². The highest BCUT2D eigenvalue weighted by Gasteiger charge is 2.26. The second-order valence-electron chi connectivity index (χ2n) is 6.55. The van der Waals surface area contributed by atoms with E-state index in [1.54, 1.807) is 22.8 Å². The maximum absolute atomic E-state index is 12.6. The largest absolute Gasteiger partial charge is 0.356 e. The van der Waals surface area contributed by atoms with Crippen molar-refractivity contribution in [3.63, 3.8) is 0 Å². The van der Waals surface area contributed by atoms with Gasteiger partial charge in [-0.05, 0) is 43.4 Å². The van der Waals surface area contributed by atoms with E-state index in [0.717, 1.165) is 37.4 Å². The first-order valence-electron chi connectivity index (χ1n) is 9.10. The fraction of sp³-hybridized carbons (Fsp3) is 0.316. The van der Waals surface area contributed by atoms with Gasteiger partial charge in [0.25, 0.3) is 0 Å². The third-order valence-corrected chi connectivity index (χ3v) is 5.58. The molecule has 3 heterocycles. The summed E-state index contributed by atoms with van der Waals surface area (Å²) in [6.07, 6.45) is 8.22. The topological polar surface area (TPSA) is 88.8 Å². The minimum absolute atomic E-state index is 0.00750. The molecule has 28 heavy (non-hydrogen) atoms. The Labute approximate surface area is 167 Å². The van der Waals surface area contributed by atoms with E-state index in [1.807, 2.05) is 36.6 Å². The first-order valence-corrected chi connectivity index (χ1v) is 10.3. The molecule has 0 unspecified atom stereocenters. The molecule has 1 saturated heterocycles. The van der Waals surface area contributed by atoms with Crippen LogP contribution in [0, 0.1) is 5.92 Å². The van der Waals surface area contributed by atoms with E-state index >= 15 is 0 Å². The van der Waals surface area contributed by atoms with Crippen molar-refractivity contribution in [3.8, 4) is 5.82 Å². The first kappa shape index (κ1) is 18.4. The molecule has 144 valence electrons. The summed E-state index contributed by atoms with van der Waals surface area (Å²) in [5.41, 5.74) is 0.846. The number of nitrogens with one attached hydrogen (secondary N) is 1.